The summed E-state index contributed by atoms with van der Waals surface area (Å²) in [5.74, 6) is 5.39. The number of aromatic nitrogens is 4. The third-order valence-electron chi connectivity index (χ3n) is 9.27. The summed E-state index contributed by atoms with van der Waals surface area (Å²) in [5, 5.41) is 5.08. The van der Waals surface area contributed by atoms with Gasteiger partial charge in [-0.3, -0.25) is 23.7 Å². The van der Waals surface area contributed by atoms with Crippen LogP contribution in [0.3, 0.4) is 0 Å². The summed E-state index contributed by atoms with van der Waals surface area (Å²) in [4.78, 5) is 75.2. The lowest BCUT2D eigenvalue weighted by Gasteiger charge is -2.21. The number of nitrogens with zero attached hydrogens (tertiary/aromatic N) is 5. The van der Waals surface area contributed by atoms with Crippen molar-refractivity contribution in [1.29, 1.82) is 0 Å². The third kappa shape index (κ3) is 10.9. The van der Waals surface area contributed by atoms with E-state index >= 15 is 0 Å². The fourth-order valence-electron chi connectivity index (χ4n) is 6.62. The molecule has 59 heavy (non-hydrogen) atoms. The monoisotopic (exact) mass is 876 g/mol. The second-order valence-corrected chi connectivity index (χ2v) is 18.4. The van der Waals surface area contributed by atoms with Crippen molar-refractivity contribution in [3.8, 4) is 11.8 Å². The van der Waals surface area contributed by atoms with E-state index in [4.69, 9.17) is 15.4 Å². The maximum absolute atomic E-state index is 13.0. The Balaban J connectivity index is 1.10. The highest BCUT2D eigenvalue weighted by molar-refractivity contribution is 7.66. The number of amides is 1. The molecule has 0 aliphatic carbocycles. The molecule has 5 aromatic rings. The molecule has 24 heteroatoms. The van der Waals surface area contributed by atoms with Crippen LogP contribution in [-0.2, 0) is 42.9 Å². The molecule has 3 aromatic heterocycles. The van der Waals surface area contributed by atoms with E-state index in [9.17, 15) is 38.0 Å². The Morgan fingerprint density at radius 2 is 1.68 bits per heavy atom. The van der Waals surface area contributed by atoms with E-state index in [1.807, 2.05) is 38.0 Å². The fraction of sp³-hybridized carbons (Fsp3) is 0.371. The normalized spacial score (nSPS) is 18.5. The Kier molecular flexibility index (Phi) is 13.0. The quantitative estimate of drug-likeness (QED) is 0.0381. The van der Waals surface area contributed by atoms with Gasteiger partial charge in [-0.1, -0.05) is 11.8 Å². The third-order valence-corrected chi connectivity index (χ3v) is 13.0. The number of nitrogens with one attached hydrogen (secondary N) is 2. The maximum atomic E-state index is 13.0. The molecule has 1 aliphatic heterocycles. The molecule has 5 atom stereocenters. The highest BCUT2D eigenvalue weighted by Gasteiger charge is 2.39. The van der Waals surface area contributed by atoms with Gasteiger partial charge in [0.05, 0.1) is 30.2 Å². The zero-order valence-corrected chi connectivity index (χ0v) is 35.0. The number of nitrogens with two attached hydrogens (primary N) is 1. The summed E-state index contributed by atoms with van der Waals surface area (Å²) < 4.78 is 56.2. The fourth-order valence-corrected chi connectivity index (χ4v) is 9.63. The molecule has 316 valence electrons. The van der Waals surface area contributed by atoms with E-state index in [1.165, 1.54) is 10.8 Å². The van der Waals surface area contributed by atoms with Crippen molar-refractivity contribution in [3.63, 3.8) is 0 Å². The summed E-state index contributed by atoms with van der Waals surface area (Å²) in [5.41, 5.74) is 9.85. The molecule has 1 amide bonds. The minimum atomic E-state index is -5.80. The van der Waals surface area contributed by atoms with Gasteiger partial charge in [0.2, 0.25) is 22.9 Å². The number of pyridine rings is 1. The maximum Gasteiger partial charge on any atom is 0.487 e. The van der Waals surface area contributed by atoms with E-state index in [0.29, 0.717) is 13.0 Å². The van der Waals surface area contributed by atoms with Crippen molar-refractivity contribution in [1.82, 2.24) is 19.9 Å². The van der Waals surface area contributed by atoms with Gasteiger partial charge in [-0.2, -0.15) is 13.9 Å². The number of phosphoric ester groups is 1. The van der Waals surface area contributed by atoms with Gasteiger partial charge in [-0.25, -0.2) is 13.4 Å². The number of anilines is 3. The Labute approximate surface area is 337 Å². The zero-order valence-electron chi connectivity index (χ0n) is 32.3. The molecule has 0 spiro atoms. The summed E-state index contributed by atoms with van der Waals surface area (Å²) in [6.45, 7) is -0.0980. The van der Waals surface area contributed by atoms with Crippen LogP contribution in [0.5, 0.6) is 0 Å². The molecule has 0 saturated carbocycles. The van der Waals surface area contributed by atoms with Gasteiger partial charge in [-0.05, 0) is 43.2 Å². The van der Waals surface area contributed by atoms with Crippen molar-refractivity contribution < 1.29 is 60.5 Å². The minimum absolute atomic E-state index is 0.0202. The number of aromatic amines is 1. The van der Waals surface area contributed by atoms with Crippen LogP contribution in [0, 0.1) is 11.8 Å². The van der Waals surface area contributed by atoms with Gasteiger partial charge in [0.25, 0.3) is 13.4 Å². The first kappa shape index (κ1) is 43.9. The first-order valence-corrected chi connectivity index (χ1v) is 22.5. The van der Waals surface area contributed by atoms with E-state index in [2.05, 4.69) is 87.3 Å². The first-order valence-electron chi connectivity index (χ1n) is 18.0. The second-order valence-electron chi connectivity index (χ2n) is 14.0. The Hall–Kier alpha value is -4.67. The number of hydrogen-bond donors (Lipinski definition) is 6. The largest absolute Gasteiger partial charge is 0.756 e. The number of aryl methyl sites for hydroxylation is 1. The van der Waals surface area contributed by atoms with Crippen molar-refractivity contribution >= 4 is 79.5 Å². The SMILES string of the molecule is CN(C)c1ccc2cc3ccc(N(C)C)cc3[n+](CCCC(=O)NCC#Cc3cn([C@H]4CC[C@@H](COP(=O)(O)OP(=O)(O)OP(=O)([O-])O)O4)c4nc(N)[nH]c(=O)c34)c2c1. The summed E-state index contributed by atoms with van der Waals surface area (Å²) in [6.07, 6.45) is 1.10. The van der Waals surface area contributed by atoms with E-state index in [1.54, 1.807) is 0 Å². The Morgan fingerprint density at radius 1 is 1.03 bits per heavy atom. The van der Waals surface area contributed by atoms with Crippen molar-refractivity contribution in [2.24, 2.45) is 0 Å². The number of nitrogen functional groups attached to an aromatic ring is 1. The van der Waals surface area contributed by atoms with Crippen LogP contribution in [0.1, 0.15) is 37.5 Å². The average Bonchev–Trinajstić information content (AvgIpc) is 3.75. The van der Waals surface area contributed by atoms with Gasteiger partial charge in [0.15, 0.2) is 5.65 Å². The van der Waals surface area contributed by atoms with Gasteiger partial charge >= 0.3 is 15.6 Å². The lowest BCUT2D eigenvalue weighted by molar-refractivity contribution is -0.645. The predicted octanol–water partition coefficient (Wildman–Crippen LogP) is 2.37. The van der Waals surface area contributed by atoms with Crippen LogP contribution in [0.2, 0.25) is 0 Å². The Bertz CT molecular complexity index is 2620. The number of carbonyl (C=O) groups is 1. The van der Waals surface area contributed by atoms with Crippen LogP contribution in [-0.4, -0.2) is 82.6 Å². The van der Waals surface area contributed by atoms with Gasteiger partial charge in [0, 0.05) is 81.5 Å². The molecular formula is C35H43N8O13P3. The number of hydrogen-bond acceptors (Lipinski definition) is 14. The van der Waals surface area contributed by atoms with Gasteiger partial charge in [-0.15, -0.1) is 0 Å². The van der Waals surface area contributed by atoms with Crippen LogP contribution >= 0.6 is 23.5 Å². The number of rotatable bonds is 15. The topological polar surface area (TPSA) is 288 Å². The molecule has 7 N–H and O–H groups in total. The van der Waals surface area contributed by atoms with Gasteiger partial charge < -0.3 is 49.7 Å². The highest BCUT2D eigenvalue weighted by Crippen LogP contribution is 2.65. The molecule has 6 rings (SSSR count). The van der Waals surface area contributed by atoms with Crippen LogP contribution in [0.15, 0.2) is 53.5 Å². The number of ether oxygens (including phenoxy) is 1. The van der Waals surface area contributed by atoms with Crippen molar-refractivity contribution in [2.75, 3.05) is 56.9 Å². The smallest absolute Gasteiger partial charge is 0.487 e. The lowest BCUT2D eigenvalue weighted by Crippen LogP contribution is -2.37. The molecule has 21 nitrogen and oxygen atoms in total. The number of fused-ring (bicyclic) bond motifs is 3. The molecule has 2 aromatic carbocycles. The molecule has 0 bridgehead atoms. The number of carbonyl (C=O) groups excluding carboxylic acids is 1. The zero-order chi connectivity index (χ0) is 42.9. The van der Waals surface area contributed by atoms with E-state index in [0.717, 1.165) is 33.2 Å². The molecule has 0 radical (unpaired) electrons. The van der Waals surface area contributed by atoms with Crippen LogP contribution in [0.25, 0.3) is 32.8 Å². The number of phosphoric acid groups is 3. The minimum Gasteiger partial charge on any atom is -0.756 e. The highest BCUT2D eigenvalue weighted by atomic mass is 31.3. The summed E-state index contributed by atoms with van der Waals surface area (Å²) in [6, 6.07) is 14.8. The second kappa shape index (κ2) is 17.5. The van der Waals surface area contributed by atoms with Crippen LogP contribution in [0.4, 0.5) is 17.3 Å². The number of H-pyrrole nitrogens is 1. The van der Waals surface area contributed by atoms with E-state index in [-0.39, 0.29) is 54.3 Å². The Morgan fingerprint density at radius 3 is 2.29 bits per heavy atom. The first-order chi connectivity index (χ1) is 27.7. The van der Waals surface area contributed by atoms with Crippen molar-refractivity contribution in [3.05, 3.63) is 64.6 Å². The summed E-state index contributed by atoms with van der Waals surface area (Å²) in [7, 11) is -8.97. The molecule has 3 unspecified atom stereocenters. The molecule has 1 saturated heterocycles. The predicted molar refractivity (Wildman–Crippen MR) is 215 cm³/mol. The molecule has 1 aliphatic rings. The molecular weight excluding hydrogens is 833 g/mol. The van der Waals surface area contributed by atoms with E-state index < -0.39 is 48.0 Å². The summed E-state index contributed by atoms with van der Waals surface area (Å²) >= 11 is 0. The lowest BCUT2D eigenvalue weighted by atomic mass is 10.1. The average molecular weight is 877 g/mol. The van der Waals surface area contributed by atoms with Gasteiger partial charge in [0.1, 0.15) is 12.8 Å². The molecule has 1 fully saturated rings. The van der Waals surface area contributed by atoms with Crippen molar-refractivity contribution in [2.45, 2.75) is 44.6 Å². The number of benzene rings is 2. The van der Waals surface area contributed by atoms with Crippen LogP contribution < -0.4 is 35.9 Å². The molecule has 4 heterocycles. The standard InChI is InChI=1S/C35H43N8O13P3/c1-40(2)25-11-9-22-17-23-10-12-26(41(3)4)19-29(23)42(28(22)18-25)16-6-8-30(44)37-15-5-7-24-20-43(33-32(24)34(45)39-35(36)38-33)31-14-13-27(54-31)21-53-58(49,50)56-59(51,52)55-57(46,47)48/h9-12,17-20,27,31H,6,8,13-16,21H2,1-4H3,(H7-,36,37,38,39,44,45,46,47,48,49,50,51,52)/t27-,31+/m0/s1.